The topological polar surface area (TPSA) is 98.5 Å². The minimum Gasteiger partial charge on any atom is -0.381 e. The van der Waals surface area contributed by atoms with Crippen molar-refractivity contribution in [2.75, 3.05) is 18.5 Å². The summed E-state index contributed by atoms with van der Waals surface area (Å²) in [5.74, 6) is -1.15. The van der Waals surface area contributed by atoms with Gasteiger partial charge in [-0.05, 0) is 24.6 Å². The van der Waals surface area contributed by atoms with E-state index >= 15 is 0 Å². The van der Waals surface area contributed by atoms with E-state index in [1.54, 1.807) is 0 Å². The molecule has 0 spiro atoms. The van der Waals surface area contributed by atoms with E-state index in [0.717, 1.165) is 24.6 Å². The lowest BCUT2D eigenvalue weighted by molar-refractivity contribution is -0.117. The molecule has 112 valence electrons. The van der Waals surface area contributed by atoms with Crippen LogP contribution in [0.2, 0.25) is 0 Å². The van der Waals surface area contributed by atoms with Gasteiger partial charge in [-0.1, -0.05) is 6.92 Å². The van der Waals surface area contributed by atoms with Crippen molar-refractivity contribution >= 4 is 21.6 Å². The number of sulfonamides is 1. The number of nitrogens with two attached hydrogens (primary N) is 1. The second-order valence-electron chi connectivity index (χ2n) is 4.10. The molecular formula is C12H17FN2O4S. The lowest BCUT2D eigenvalue weighted by Gasteiger charge is -2.10. The quantitative estimate of drug-likeness (QED) is 0.740. The number of primary sulfonamides is 1. The van der Waals surface area contributed by atoms with Crippen LogP contribution in [0.15, 0.2) is 23.1 Å². The summed E-state index contributed by atoms with van der Waals surface area (Å²) in [6.07, 6.45) is 0.877. The van der Waals surface area contributed by atoms with Crippen LogP contribution in [0, 0.1) is 5.82 Å². The van der Waals surface area contributed by atoms with E-state index in [4.69, 9.17) is 9.88 Å². The van der Waals surface area contributed by atoms with Gasteiger partial charge in [0.05, 0.1) is 18.7 Å². The van der Waals surface area contributed by atoms with Gasteiger partial charge < -0.3 is 10.1 Å². The summed E-state index contributed by atoms with van der Waals surface area (Å²) in [5.41, 5.74) is -0.173. The maximum atomic E-state index is 13.1. The van der Waals surface area contributed by atoms with Crippen molar-refractivity contribution in [3.05, 3.63) is 24.0 Å². The van der Waals surface area contributed by atoms with Crippen LogP contribution in [0.4, 0.5) is 10.1 Å². The van der Waals surface area contributed by atoms with Gasteiger partial charge in [-0.3, -0.25) is 4.79 Å². The Morgan fingerprint density at radius 3 is 2.70 bits per heavy atom. The first kappa shape index (κ1) is 16.5. The lowest BCUT2D eigenvalue weighted by atomic mass is 10.3. The van der Waals surface area contributed by atoms with Crippen molar-refractivity contribution in [2.24, 2.45) is 5.14 Å². The molecule has 0 saturated carbocycles. The molecule has 0 fully saturated rings. The van der Waals surface area contributed by atoms with Crippen molar-refractivity contribution in [2.45, 2.75) is 24.7 Å². The summed E-state index contributed by atoms with van der Waals surface area (Å²) in [4.78, 5) is 11.3. The molecule has 0 aliphatic carbocycles. The molecule has 8 heteroatoms. The molecule has 6 nitrogen and oxygen atoms in total. The number of benzene rings is 1. The van der Waals surface area contributed by atoms with E-state index in [-0.39, 0.29) is 23.6 Å². The summed E-state index contributed by atoms with van der Waals surface area (Å²) in [7, 11) is -4.04. The zero-order valence-corrected chi connectivity index (χ0v) is 11.9. The Hall–Kier alpha value is -1.51. The second kappa shape index (κ2) is 7.32. The Bertz CT molecular complexity index is 575. The number of hydrogen-bond acceptors (Lipinski definition) is 4. The monoisotopic (exact) mass is 304 g/mol. The van der Waals surface area contributed by atoms with Gasteiger partial charge >= 0.3 is 0 Å². The van der Waals surface area contributed by atoms with Crippen molar-refractivity contribution in [3.63, 3.8) is 0 Å². The average Bonchev–Trinajstić information content (AvgIpc) is 2.33. The van der Waals surface area contributed by atoms with Gasteiger partial charge in [0.15, 0.2) is 0 Å². The molecule has 0 radical (unpaired) electrons. The predicted molar refractivity (Wildman–Crippen MR) is 72.1 cm³/mol. The number of amides is 1. The molecule has 0 saturated heterocycles. The van der Waals surface area contributed by atoms with Gasteiger partial charge in [0.25, 0.3) is 0 Å². The number of carbonyl (C=O) groups is 1. The van der Waals surface area contributed by atoms with E-state index in [1.165, 1.54) is 0 Å². The average molecular weight is 304 g/mol. The van der Waals surface area contributed by atoms with Gasteiger partial charge in [0.2, 0.25) is 15.9 Å². The van der Waals surface area contributed by atoms with E-state index < -0.39 is 21.7 Å². The van der Waals surface area contributed by atoms with Crippen molar-refractivity contribution in [3.8, 4) is 0 Å². The van der Waals surface area contributed by atoms with Crippen LogP contribution in [0.3, 0.4) is 0 Å². The zero-order valence-electron chi connectivity index (χ0n) is 11.1. The van der Waals surface area contributed by atoms with Crippen LogP contribution in [-0.2, 0) is 19.6 Å². The summed E-state index contributed by atoms with van der Waals surface area (Å²) in [5, 5.41) is 7.31. The van der Waals surface area contributed by atoms with Gasteiger partial charge in [-0.25, -0.2) is 17.9 Å². The van der Waals surface area contributed by atoms with Crippen LogP contribution in [0.5, 0.6) is 0 Å². The maximum absolute atomic E-state index is 13.1. The fraction of sp³-hybridized carbons (Fsp3) is 0.417. The number of carbonyl (C=O) groups excluding carboxylic acids is 1. The number of ether oxygens (including phenoxy) is 1. The van der Waals surface area contributed by atoms with Crippen LogP contribution in [0.25, 0.3) is 0 Å². The first-order valence-electron chi connectivity index (χ1n) is 6.04. The molecule has 1 amide bonds. The molecule has 1 aromatic carbocycles. The third-order valence-corrected chi connectivity index (χ3v) is 3.31. The standard InChI is InChI=1S/C12H17FN2O4S/c1-2-6-19-7-5-12(16)15-10-8-9(13)3-4-11(10)20(14,17)18/h3-4,8H,2,5-7H2,1H3,(H,15,16)(H2,14,17,18). The highest BCUT2D eigenvalue weighted by atomic mass is 32.2. The number of halogens is 1. The van der Waals surface area contributed by atoms with Gasteiger partial charge in [0.1, 0.15) is 10.7 Å². The van der Waals surface area contributed by atoms with Gasteiger partial charge in [-0.15, -0.1) is 0 Å². The highest BCUT2D eigenvalue weighted by Gasteiger charge is 2.16. The highest BCUT2D eigenvalue weighted by molar-refractivity contribution is 7.89. The first-order chi connectivity index (χ1) is 9.34. The van der Waals surface area contributed by atoms with E-state index in [1.807, 2.05) is 6.92 Å². The smallest absolute Gasteiger partial charge is 0.240 e. The summed E-state index contributed by atoms with van der Waals surface area (Å²) in [6.45, 7) is 2.68. The Kier molecular flexibility index (Phi) is 6.05. The molecule has 0 aromatic heterocycles. The van der Waals surface area contributed by atoms with E-state index in [0.29, 0.717) is 6.61 Å². The molecule has 0 bridgehead atoms. The molecule has 1 aromatic rings. The SMILES string of the molecule is CCCOCCC(=O)Nc1cc(F)ccc1S(N)(=O)=O. The molecule has 0 heterocycles. The minimum absolute atomic E-state index is 0.0422. The largest absolute Gasteiger partial charge is 0.381 e. The van der Waals surface area contributed by atoms with Crippen LogP contribution in [-0.4, -0.2) is 27.5 Å². The molecule has 0 aliphatic rings. The molecule has 3 N–H and O–H groups in total. The van der Waals surface area contributed by atoms with Crippen molar-refractivity contribution in [1.82, 2.24) is 0 Å². The lowest BCUT2D eigenvalue weighted by Crippen LogP contribution is -2.19. The molecule has 20 heavy (non-hydrogen) atoms. The van der Waals surface area contributed by atoms with E-state index in [9.17, 15) is 17.6 Å². The molecule has 0 unspecified atom stereocenters. The van der Waals surface area contributed by atoms with Crippen molar-refractivity contribution in [1.29, 1.82) is 0 Å². The summed E-state index contributed by atoms with van der Waals surface area (Å²) >= 11 is 0. The third kappa shape index (κ3) is 5.24. The van der Waals surface area contributed by atoms with Crippen LogP contribution in [0.1, 0.15) is 19.8 Å². The minimum atomic E-state index is -4.04. The third-order valence-electron chi connectivity index (χ3n) is 2.34. The molecule has 0 atom stereocenters. The maximum Gasteiger partial charge on any atom is 0.240 e. The first-order valence-corrected chi connectivity index (χ1v) is 7.59. The zero-order chi connectivity index (χ0) is 15.2. The summed E-state index contributed by atoms with van der Waals surface area (Å²) < 4.78 is 40.9. The Labute approximate surface area is 117 Å². The molecular weight excluding hydrogens is 287 g/mol. The van der Waals surface area contributed by atoms with Gasteiger partial charge in [0, 0.05) is 6.61 Å². The fourth-order valence-corrected chi connectivity index (χ4v) is 2.15. The fourth-order valence-electron chi connectivity index (χ4n) is 1.47. The predicted octanol–water partition coefficient (Wildman–Crippen LogP) is 1.23. The number of rotatable bonds is 7. The number of nitrogens with one attached hydrogen (secondary N) is 1. The second-order valence-corrected chi connectivity index (χ2v) is 5.63. The van der Waals surface area contributed by atoms with Crippen molar-refractivity contribution < 1.29 is 22.3 Å². The Morgan fingerprint density at radius 1 is 1.40 bits per heavy atom. The van der Waals surface area contributed by atoms with Crippen LogP contribution < -0.4 is 10.5 Å². The highest BCUT2D eigenvalue weighted by Crippen LogP contribution is 2.21. The Balaban J connectivity index is 2.76. The number of hydrogen-bond donors (Lipinski definition) is 2. The van der Waals surface area contributed by atoms with Gasteiger partial charge in [-0.2, -0.15) is 0 Å². The normalized spacial score (nSPS) is 11.3. The van der Waals surface area contributed by atoms with Crippen LogP contribution >= 0.6 is 0 Å². The van der Waals surface area contributed by atoms with E-state index in [2.05, 4.69) is 5.32 Å². The number of anilines is 1. The Morgan fingerprint density at radius 2 is 2.10 bits per heavy atom. The molecule has 1 rings (SSSR count). The molecule has 0 aliphatic heterocycles. The summed E-state index contributed by atoms with van der Waals surface area (Å²) in [6, 6.07) is 2.87.